The maximum Gasteiger partial charge on any atom is 0.271 e. The Balaban J connectivity index is 1.54. The first-order valence-electron chi connectivity index (χ1n) is 10.5. The molecule has 3 rings (SSSR count). The Morgan fingerprint density at radius 3 is 2.76 bits per heavy atom. The Labute approximate surface area is 197 Å². The van der Waals surface area contributed by atoms with Gasteiger partial charge in [-0.25, -0.2) is 4.98 Å². The highest BCUT2D eigenvalue weighted by atomic mass is 35.5. The van der Waals surface area contributed by atoms with Gasteiger partial charge in [-0.3, -0.25) is 20.0 Å². The van der Waals surface area contributed by atoms with Crippen LogP contribution in [-0.4, -0.2) is 52.6 Å². The van der Waals surface area contributed by atoms with Crippen LogP contribution in [0.2, 0.25) is 5.02 Å². The van der Waals surface area contributed by atoms with E-state index < -0.39 is 5.91 Å². The zero-order valence-electron chi connectivity index (χ0n) is 18.6. The molecule has 0 aromatic carbocycles. The summed E-state index contributed by atoms with van der Waals surface area (Å²) in [6.07, 6.45) is 7.20. The average molecular weight is 471 g/mol. The van der Waals surface area contributed by atoms with Crippen LogP contribution in [-0.2, 0) is 16.1 Å². The van der Waals surface area contributed by atoms with Gasteiger partial charge in [0, 0.05) is 55.3 Å². The number of halogens is 1. The van der Waals surface area contributed by atoms with Crippen molar-refractivity contribution >= 4 is 34.8 Å². The molecule has 1 aliphatic heterocycles. The first-order chi connectivity index (χ1) is 15.8. The van der Waals surface area contributed by atoms with Crippen LogP contribution in [0.1, 0.15) is 29.5 Å². The van der Waals surface area contributed by atoms with Gasteiger partial charge in [-0.05, 0) is 43.0 Å². The predicted octanol–water partition coefficient (Wildman–Crippen LogP) is 2.32. The summed E-state index contributed by atoms with van der Waals surface area (Å²) in [6, 6.07) is 3.45. The van der Waals surface area contributed by atoms with Crippen LogP contribution >= 0.6 is 11.6 Å². The standard InChI is InChI=1S/C23H27ClN6O3/c1-14-3-6-27-11-16(14)12-29-22(31)15-4-7-30(8-5-15)23(32)20(26)10-19(25)17-9-21(33-2)28-13-18(17)24/h3,6,9-11,13,15,26H,4-5,7-8,12,25H2,1-2H3,(H,29,31)/b19-10-,26-20?. The van der Waals surface area contributed by atoms with Crippen molar-refractivity contribution in [1.29, 1.82) is 5.41 Å². The Hall–Kier alpha value is -3.46. The third kappa shape index (κ3) is 6.07. The lowest BCUT2D eigenvalue weighted by molar-refractivity contribution is -0.131. The fourth-order valence-corrected chi connectivity index (χ4v) is 3.78. The third-order valence-electron chi connectivity index (χ3n) is 5.63. The molecule has 0 radical (unpaired) electrons. The van der Waals surface area contributed by atoms with Crippen LogP contribution in [0.3, 0.4) is 0 Å². The van der Waals surface area contributed by atoms with Crippen molar-refractivity contribution in [2.75, 3.05) is 20.2 Å². The predicted molar refractivity (Wildman–Crippen MR) is 126 cm³/mol. The minimum atomic E-state index is -0.445. The molecule has 10 heteroatoms. The molecular formula is C23H27ClN6O3. The molecule has 2 aromatic heterocycles. The highest BCUT2D eigenvalue weighted by molar-refractivity contribution is 6.43. The molecule has 33 heavy (non-hydrogen) atoms. The Morgan fingerprint density at radius 2 is 2.09 bits per heavy atom. The number of aromatic nitrogens is 2. The van der Waals surface area contributed by atoms with Crippen molar-refractivity contribution in [3.63, 3.8) is 0 Å². The summed E-state index contributed by atoms with van der Waals surface area (Å²) in [5, 5.41) is 11.4. The Morgan fingerprint density at radius 1 is 1.36 bits per heavy atom. The number of methoxy groups -OCH3 is 1. The lowest BCUT2D eigenvalue weighted by atomic mass is 9.95. The van der Waals surface area contributed by atoms with E-state index in [1.807, 2.05) is 13.0 Å². The molecule has 2 amide bonds. The summed E-state index contributed by atoms with van der Waals surface area (Å²) in [5.74, 6) is -0.336. The number of amides is 2. The van der Waals surface area contributed by atoms with E-state index in [-0.39, 0.29) is 28.3 Å². The van der Waals surface area contributed by atoms with E-state index >= 15 is 0 Å². The SMILES string of the molecule is COc1cc(/C(N)=C/C(=N)C(=O)N2CCC(C(=O)NCc3cnccc3C)CC2)c(Cl)cn1. The van der Waals surface area contributed by atoms with E-state index in [2.05, 4.69) is 15.3 Å². The summed E-state index contributed by atoms with van der Waals surface area (Å²) in [6.45, 7) is 3.18. The number of nitrogens with one attached hydrogen (secondary N) is 2. The van der Waals surface area contributed by atoms with Gasteiger partial charge in [-0.15, -0.1) is 0 Å². The van der Waals surface area contributed by atoms with Crippen molar-refractivity contribution in [2.24, 2.45) is 11.7 Å². The minimum absolute atomic E-state index is 0.0363. The molecule has 1 saturated heterocycles. The van der Waals surface area contributed by atoms with Crippen molar-refractivity contribution in [1.82, 2.24) is 20.2 Å². The van der Waals surface area contributed by atoms with Crippen molar-refractivity contribution in [2.45, 2.75) is 26.3 Å². The molecule has 3 heterocycles. The van der Waals surface area contributed by atoms with Gasteiger partial charge in [-0.2, -0.15) is 0 Å². The number of ether oxygens (including phenoxy) is 1. The number of likely N-dealkylation sites (tertiary alicyclic amines) is 1. The number of nitrogens with two attached hydrogens (primary N) is 1. The second-order valence-electron chi connectivity index (χ2n) is 7.81. The molecule has 2 aromatic rings. The molecule has 0 bridgehead atoms. The molecule has 0 aliphatic carbocycles. The monoisotopic (exact) mass is 470 g/mol. The van der Waals surface area contributed by atoms with Crippen molar-refractivity contribution in [3.8, 4) is 5.88 Å². The number of rotatable bonds is 7. The molecule has 0 saturated carbocycles. The van der Waals surface area contributed by atoms with Gasteiger partial charge in [0.2, 0.25) is 11.8 Å². The zero-order valence-corrected chi connectivity index (χ0v) is 19.4. The molecule has 4 N–H and O–H groups in total. The maximum absolute atomic E-state index is 12.7. The molecule has 174 valence electrons. The average Bonchev–Trinajstić information content (AvgIpc) is 2.83. The normalized spacial score (nSPS) is 14.6. The van der Waals surface area contributed by atoms with Crippen molar-refractivity contribution in [3.05, 3.63) is 58.5 Å². The zero-order chi connectivity index (χ0) is 24.0. The number of carbonyl (C=O) groups excluding carboxylic acids is 2. The number of aryl methyl sites for hydroxylation is 1. The molecule has 0 unspecified atom stereocenters. The van der Waals surface area contributed by atoms with Gasteiger partial charge in [0.15, 0.2) is 0 Å². The number of pyridine rings is 2. The number of carbonyl (C=O) groups is 2. The van der Waals surface area contributed by atoms with Crippen LogP contribution < -0.4 is 15.8 Å². The van der Waals surface area contributed by atoms with E-state index in [0.717, 1.165) is 11.1 Å². The van der Waals surface area contributed by atoms with Crippen LogP contribution in [0.5, 0.6) is 5.88 Å². The summed E-state index contributed by atoms with van der Waals surface area (Å²) < 4.78 is 5.07. The highest BCUT2D eigenvalue weighted by Crippen LogP contribution is 2.24. The van der Waals surface area contributed by atoms with E-state index in [1.54, 1.807) is 23.4 Å². The van der Waals surface area contributed by atoms with Crippen LogP contribution in [0, 0.1) is 18.3 Å². The van der Waals surface area contributed by atoms with E-state index in [1.165, 1.54) is 19.4 Å². The van der Waals surface area contributed by atoms with E-state index in [0.29, 0.717) is 43.9 Å². The fraction of sp³-hybridized carbons (Fsp3) is 0.348. The first kappa shape index (κ1) is 24.2. The van der Waals surface area contributed by atoms with Crippen LogP contribution in [0.15, 0.2) is 36.8 Å². The van der Waals surface area contributed by atoms with Gasteiger partial charge >= 0.3 is 0 Å². The lowest BCUT2D eigenvalue weighted by Crippen LogP contribution is -2.44. The molecule has 9 nitrogen and oxygen atoms in total. The molecule has 0 atom stereocenters. The second kappa shape index (κ2) is 10.9. The smallest absolute Gasteiger partial charge is 0.271 e. The minimum Gasteiger partial charge on any atom is -0.481 e. The van der Waals surface area contributed by atoms with Crippen LogP contribution in [0.25, 0.3) is 5.70 Å². The summed E-state index contributed by atoms with van der Waals surface area (Å²) in [5.41, 5.74) is 8.45. The van der Waals surface area contributed by atoms with E-state index in [9.17, 15) is 9.59 Å². The van der Waals surface area contributed by atoms with Crippen molar-refractivity contribution < 1.29 is 14.3 Å². The lowest BCUT2D eigenvalue weighted by Gasteiger charge is -2.31. The third-order valence-corrected chi connectivity index (χ3v) is 5.94. The Bertz CT molecular complexity index is 1080. The quantitative estimate of drug-likeness (QED) is 0.531. The van der Waals surface area contributed by atoms with Gasteiger partial charge in [-0.1, -0.05) is 11.6 Å². The molecule has 1 aliphatic rings. The number of nitrogens with zero attached hydrogens (tertiary/aromatic N) is 3. The van der Waals surface area contributed by atoms with Crippen LogP contribution in [0.4, 0.5) is 0 Å². The first-order valence-corrected chi connectivity index (χ1v) is 10.9. The summed E-state index contributed by atoms with van der Waals surface area (Å²) >= 11 is 6.13. The Kier molecular flexibility index (Phi) is 8.00. The maximum atomic E-state index is 12.7. The highest BCUT2D eigenvalue weighted by Gasteiger charge is 2.28. The largest absolute Gasteiger partial charge is 0.481 e. The van der Waals surface area contributed by atoms with Gasteiger partial charge < -0.3 is 20.7 Å². The molecule has 1 fully saturated rings. The fourth-order valence-electron chi connectivity index (χ4n) is 3.57. The number of hydrogen-bond donors (Lipinski definition) is 3. The number of piperidine rings is 1. The van der Waals surface area contributed by atoms with Gasteiger partial charge in [0.1, 0.15) is 5.71 Å². The summed E-state index contributed by atoms with van der Waals surface area (Å²) in [7, 11) is 1.47. The topological polar surface area (TPSA) is 134 Å². The second-order valence-corrected chi connectivity index (χ2v) is 8.21. The van der Waals surface area contributed by atoms with Gasteiger partial charge in [0.05, 0.1) is 18.3 Å². The van der Waals surface area contributed by atoms with Gasteiger partial charge in [0.25, 0.3) is 5.91 Å². The molecule has 0 spiro atoms. The molecular weight excluding hydrogens is 444 g/mol. The van der Waals surface area contributed by atoms with E-state index in [4.69, 9.17) is 27.5 Å². The number of hydrogen-bond acceptors (Lipinski definition) is 7. The summed E-state index contributed by atoms with van der Waals surface area (Å²) in [4.78, 5) is 34.9.